The van der Waals surface area contributed by atoms with Gasteiger partial charge in [0.2, 0.25) is 0 Å². The smallest absolute Gasteiger partial charge is 0.0707 e. The van der Waals surface area contributed by atoms with Crippen LogP contribution >= 0.6 is 0 Å². The molecule has 0 N–H and O–H groups in total. The van der Waals surface area contributed by atoms with Crippen molar-refractivity contribution in [1.29, 1.82) is 0 Å². The first-order valence-electron chi connectivity index (χ1n) is 5.73. The minimum atomic E-state index is 0.965. The summed E-state index contributed by atoms with van der Waals surface area (Å²) in [6.07, 6.45) is 2.15. The van der Waals surface area contributed by atoms with E-state index in [0.29, 0.717) is 0 Å². The molecule has 1 heteroatoms. The van der Waals surface area contributed by atoms with Gasteiger partial charge in [-0.3, -0.25) is 4.99 Å². The zero-order valence-electron chi connectivity index (χ0n) is 9.77. The van der Waals surface area contributed by atoms with E-state index >= 15 is 0 Å². The standard InChI is InChI=1S/C16H13N/c1-3-11-12-7-4-5-8-13(12)14-9-6-10-15(17-2)16(11)14/h3-10H,2H2,1H3/b11-3-. The van der Waals surface area contributed by atoms with Crippen molar-refractivity contribution >= 4 is 18.0 Å². The highest BCUT2D eigenvalue weighted by Crippen LogP contribution is 2.47. The quantitative estimate of drug-likeness (QED) is 0.536. The lowest BCUT2D eigenvalue weighted by molar-refractivity contribution is 1.52. The minimum absolute atomic E-state index is 0.965. The molecular weight excluding hydrogens is 206 g/mol. The van der Waals surface area contributed by atoms with Crippen LogP contribution in [0.5, 0.6) is 0 Å². The van der Waals surface area contributed by atoms with Gasteiger partial charge in [-0.15, -0.1) is 0 Å². The van der Waals surface area contributed by atoms with Gasteiger partial charge < -0.3 is 0 Å². The average Bonchev–Trinajstić information content (AvgIpc) is 2.72. The van der Waals surface area contributed by atoms with Gasteiger partial charge in [-0.1, -0.05) is 42.5 Å². The van der Waals surface area contributed by atoms with Crippen LogP contribution in [0.2, 0.25) is 0 Å². The average molecular weight is 219 g/mol. The van der Waals surface area contributed by atoms with E-state index in [1.807, 2.05) is 12.1 Å². The minimum Gasteiger partial charge on any atom is -0.264 e. The lowest BCUT2D eigenvalue weighted by Crippen LogP contribution is -1.81. The van der Waals surface area contributed by atoms with Gasteiger partial charge in [0.05, 0.1) is 5.69 Å². The maximum absolute atomic E-state index is 4.13. The third-order valence-electron chi connectivity index (χ3n) is 3.28. The van der Waals surface area contributed by atoms with Crippen LogP contribution in [0.4, 0.5) is 5.69 Å². The molecule has 0 amide bonds. The molecule has 0 bridgehead atoms. The molecule has 0 saturated carbocycles. The van der Waals surface area contributed by atoms with E-state index in [2.05, 4.69) is 55.0 Å². The lowest BCUT2D eigenvalue weighted by atomic mass is 10.0. The van der Waals surface area contributed by atoms with E-state index in [4.69, 9.17) is 0 Å². The van der Waals surface area contributed by atoms with Crippen LogP contribution in [-0.4, -0.2) is 6.72 Å². The van der Waals surface area contributed by atoms with E-state index in [-0.39, 0.29) is 0 Å². The summed E-state index contributed by atoms with van der Waals surface area (Å²) in [5.74, 6) is 0. The Kier molecular flexibility index (Phi) is 2.19. The Hall–Kier alpha value is -2.15. The third-order valence-corrected chi connectivity index (χ3v) is 3.28. The van der Waals surface area contributed by atoms with Crippen LogP contribution in [0.15, 0.2) is 53.5 Å². The van der Waals surface area contributed by atoms with Crippen molar-refractivity contribution < 1.29 is 0 Å². The number of fused-ring (bicyclic) bond motifs is 3. The summed E-state index contributed by atoms with van der Waals surface area (Å²) in [6.45, 7) is 5.73. The second kappa shape index (κ2) is 3.70. The maximum atomic E-state index is 4.13. The van der Waals surface area contributed by atoms with Crippen molar-refractivity contribution in [3.8, 4) is 11.1 Å². The fraction of sp³-hybridized carbons (Fsp3) is 0.0625. The zero-order valence-corrected chi connectivity index (χ0v) is 9.77. The van der Waals surface area contributed by atoms with Crippen molar-refractivity contribution in [3.05, 3.63) is 59.7 Å². The normalized spacial score (nSPS) is 14.5. The molecule has 0 spiro atoms. The van der Waals surface area contributed by atoms with E-state index in [9.17, 15) is 0 Å². The van der Waals surface area contributed by atoms with Crippen LogP contribution in [0, 0.1) is 0 Å². The molecule has 0 aromatic heterocycles. The van der Waals surface area contributed by atoms with Gasteiger partial charge in [-0.25, -0.2) is 0 Å². The van der Waals surface area contributed by atoms with E-state index in [1.165, 1.54) is 27.8 Å². The van der Waals surface area contributed by atoms with E-state index in [0.717, 1.165) is 5.69 Å². The predicted molar refractivity (Wildman–Crippen MR) is 73.8 cm³/mol. The number of hydrogen-bond acceptors (Lipinski definition) is 1. The molecule has 0 saturated heterocycles. The maximum Gasteiger partial charge on any atom is 0.0707 e. The molecule has 2 aromatic carbocycles. The molecule has 0 radical (unpaired) electrons. The molecule has 0 heterocycles. The number of hydrogen-bond donors (Lipinski definition) is 0. The summed E-state index contributed by atoms with van der Waals surface area (Å²) in [5, 5.41) is 0. The monoisotopic (exact) mass is 219 g/mol. The largest absolute Gasteiger partial charge is 0.264 e. The Morgan fingerprint density at radius 3 is 2.35 bits per heavy atom. The molecule has 0 atom stereocenters. The molecule has 82 valence electrons. The van der Waals surface area contributed by atoms with Crippen molar-refractivity contribution in [1.82, 2.24) is 0 Å². The van der Waals surface area contributed by atoms with Crippen molar-refractivity contribution in [2.24, 2.45) is 4.99 Å². The summed E-state index contributed by atoms with van der Waals surface area (Å²) < 4.78 is 0. The van der Waals surface area contributed by atoms with E-state index < -0.39 is 0 Å². The zero-order chi connectivity index (χ0) is 11.8. The third kappa shape index (κ3) is 1.29. The molecule has 1 nitrogen and oxygen atoms in total. The Bertz CT molecular complexity index is 636. The predicted octanol–water partition coefficient (Wildman–Crippen LogP) is 4.45. The van der Waals surface area contributed by atoms with Crippen molar-refractivity contribution in [3.63, 3.8) is 0 Å². The number of rotatable bonds is 1. The molecule has 3 rings (SSSR count). The highest BCUT2D eigenvalue weighted by Gasteiger charge is 2.24. The SMILES string of the molecule is C=Nc1cccc2c1/C(=C\C)c1ccccc1-2. The molecule has 0 fully saturated rings. The van der Waals surface area contributed by atoms with Gasteiger partial charge in [0.15, 0.2) is 0 Å². The van der Waals surface area contributed by atoms with Crippen LogP contribution in [0.25, 0.3) is 16.7 Å². The van der Waals surface area contributed by atoms with Gasteiger partial charge in [-0.2, -0.15) is 0 Å². The highest BCUT2D eigenvalue weighted by molar-refractivity contribution is 6.04. The number of allylic oxidation sites excluding steroid dienone is 1. The summed E-state index contributed by atoms with van der Waals surface area (Å²) >= 11 is 0. The number of benzene rings is 2. The highest BCUT2D eigenvalue weighted by atomic mass is 14.7. The summed E-state index contributed by atoms with van der Waals surface area (Å²) in [5.41, 5.74) is 7.29. The lowest BCUT2D eigenvalue weighted by Gasteiger charge is -2.04. The van der Waals surface area contributed by atoms with Gasteiger partial charge in [0.1, 0.15) is 0 Å². The Morgan fingerprint density at radius 2 is 1.65 bits per heavy atom. The van der Waals surface area contributed by atoms with Crippen LogP contribution in [0.1, 0.15) is 18.1 Å². The second-order valence-corrected chi connectivity index (χ2v) is 4.11. The molecule has 0 aliphatic heterocycles. The second-order valence-electron chi connectivity index (χ2n) is 4.11. The summed E-state index contributed by atoms with van der Waals surface area (Å²) in [6, 6.07) is 14.7. The summed E-state index contributed by atoms with van der Waals surface area (Å²) in [7, 11) is 0. The van der Waals surface area contributed by atoms with Gasteiger partial charge in [0.25, 0.3) is 0 Å². The number of aliphatic imine (C=N–C) groups is 1. The first-order valence-corrected chi connectivity index (χ1v) is 5.73. The molecule has 2 aromatic rings. The summed E-state index contributed by atoms with van der Waals surface area (Å²) in [4.78, 5) is 4.13. The fourth-order valence-electron chi connectivity index (χ4n) is 2.57. The van der Waals surface area contributed by atoms with Gasteiger partial charge in [0, 0.05) is 5.56 Å². The molecule has 1 aliphatic rings. The van der Waals surface area contributed by atoms with Gasteiger partial charge in [-0.05, 0) is 42.0 Å². The molecular formula is C16H13N. The Morgan fingerprint density at radius 1 is 0.941 bits per heavy atom. The van der Waals surface area contributed by atoms with Crippen LogP contribution in [-0.2, 0) is 0 Å². The molecule has 17 heavy (non-hydrogen) atoms. The van der Waals surface area contributed by atoms with Crippen molar-refractivity contribution in [2.45, 2.75) is 6.92 Å². The van der Waals surface area contributed by atoms with Gasteiger partial charge >= 0.3 is 0 Å². The molecule has 0 unspecified atom stereocenters. The molecule has 1 aliphatic carbocycles. The first-order chi connectivity index (χ1) is 8.36. The topological polar surface area (TPSA) is 12.4 Å². The van der Waals surface area contributed by atoms with E-state index in [1.54, 1.807) is 0 Å². The van der Waals surface area contributed by atoms with Crippen molar-refractivity contribution in [2.75, 3.05) is 0 Å². The Labute approximate surface area is 101 Å². The Balaban J connectivity index is 2.43. The van der Waals surface area contributed by atoms with Crippen LogP contribution in [0.3, 0.4) is 0 Å². The fourth-order valence-corrected chi connectivity index (χ4v) is 2.57. The first kappa shape index (κ1) is 10.0. The number of nitrogens with zero attached hydrogens (tertiary/aromatic N) is 1. The van der Waals surface area contributed by atoms with Crippen LogP contribution < -0.4 is 0 Å².